The van der Waals surface area contributed by atoms with Gasteiger partial charge in [0, 0.05) is 24.2 Å². The first kappa shape index (κ1) is 16.6. The number of nitrogens with one attached hydrogen (secondary N) is 1. The third kappa shape index (κ3) is 3.27. The van der Waals surface area contributed by atoms with Crippen LogP contribution in [0.2, 0.25) is 0 Å². The highest BCUT2D eigenvalue weighted by Gasteiger charge is 2.16. The van der Waals surface area contributed by atoms with E-state index in [9.17, 15) is 4.79 Å². The minimum absolute atomic E-state index is 0.101. The van der Waals surface area contributed by atoms with Gasteiger partial charge in [-0.05, 0) is 43.9 Å². The molecule has 2 aromatic heterocycles. The summed E-state index contributed by atoms with van der Waals surface area (Å²) in [6.45, 7) is 0. The Morgan fingerprint density at radius 3 is 2.62 bits per heavy atom. The van der Waals surface area contributed by atoms with E-state index in [2.05, 4.69) is 15.4 Å². The van der Waals surface area contributed by atoms with Crippen molar-refractivity contribution in [3.8, 4) is 17.1 Å². The monoisotopic (exact) mass is 350 g/mol. The first-order valence-corrected chi connectivity index (χ1v) is 9.08. The highest BCUT2D eigenvalue weighted by atomic mass is 16.5. The number of nitrogens with zero attached hydrogens (tertiary/aromatic N) is 3. The Balaban J connectivity index is 1.62. The van der Waals surface area contributed by atoms with Crippen LogP contribution in [0.3, 0.4) is 0 Å². The number of imidazole rings is 1. The fourth-order valence-electron chi connectivity index (χ4n) is 3.41. The van der Waals surface area contributed by atoms with E-state index < -0.39 is 0 Å². The van der Waals surface area contributed by atoms with Crippen LogP contribution >= 0.6 is 0 Å². The first-order valence-electron chi connectivity index (χ1n) is 9.08. The largest absolute Gasteiger partial charge is 0.473 e. The van der Waals surface area contributed by atoms with E-state index in [4.69, 9.17) is 4.74 Å². The third-order valence-electron chi connectivity index (χ3n) is 4.85. The van der Waals surface area contributed by atoms with Crippen molar-refractivity contribution in [2.75, 3.05) is 7.05 Å². The summed E-state index contributed by atoms with van der Waals surface area (Å²) < 4.78 is 7.87. The van der Waals surface area contributed by atoms with Crippen LogP contribution in [0.25, 0.3) is 16.9 Å². The molecule has 1 aliphatic carbocycles. The SMILES string of the molecule is CNC(=O)c1ccc(-c2cnc3ccc(OC4CCCCC4)nn23)cc1. The minimum atomic E-state index is -0.101. The van der Waals surface area contributed by atoms with Crippen LogP contribution in [0.1, 0.15) is 42.5 Å². The molecule has 0 radical (unpaired) electrons. The van der Waals surface area contributed by atoms with E-state index >= 15 is 0 Å². The molecule has 0 bridgehead atoms. The normalized spacial score (nSPS) is 15.1. The van der Waals surface area contributed by atoms with Gasteiger partial charge in [0.2, 0.25) is 5.88 Å². The van der Waals surface area contributed by atoms with E-state index in [1.807, 2.05) is 24.3 Å². The zero-order chi connectivity index (χ0) is 17.9. The van der Waals surface area contributed by atoms with Gasteiger partial charge in [0.25, 0.3) is 5.91 Å². The molecule has 1 aromatic carbocycles. The summed E-state index contributed by atoms with van der Waals surface area (Å²) in [6.07, 6.45) is 7.98. The highest BCUT2D eigenvalue weighted by molar-refractivity contribution is 5.94. The first-order chi connectivity index (χ1) is 12.7. The van der Waals surface area contributed by atoms with Crippen molar-refractivity contribution in [1.29, 1.82) is 0 Å². The molecule has 0 saturated heterocycles. The summed E-state index contributed by atoms with van der Waals surface area (Å²) in [5.41, 5.74) is 3.22. The zero-order valence-electron chi connectivity index (χ0n) is 14.8. The lowest BCUT2D eigenvalue weighted by Crippen LogP contribution is -2.20. The minimum Gasteiger partial charge on any atom is -0.473 e. The summed E-state index contributed by atoms with van der Waals surface area (Å²) in [4.78, 5) is 16.1. The molecule has 4 rings (SSSR count). The van der Waals surface area contributed by atoms with E-state index in [1.165, 1.54) is 19.3 Å². The highest BCUT2D eigenvalue weighted by Crippen LogP contribution is 2.25. The Kier molecular flexibility index (Phi) is 4.56. The molecular formula is C20H22N4O2. The number of ether oxygens (including phenoxy) is 1. The van der Waals surface area contributed by atoms with Crippen LogP contribution in [0, 0.1) is 0 Å². The summed E-state index contributed by atoms with van der Waals surface area (Å²) in [6, 6.07) is 11.2. The van der Waals surface area contributed by atoms with E-state index in [0.717, 1.165) is 29.7 Å². The van der Waals surface area contributed by atoms with Crippen LogP contribution in [-0.2, 0) is 0 Å². The maximum Gasteiger partial charge on any atom is 0.251 e. The van der Waals surface area contributed by atoms with Gasteiger partial charge < -0.3 is 10.1 Å². The van der Waals surface area contributed by atoms with Crippen LogP contribution < -0.4 is 10.1 Å². The van der Waals surface area contributed by atoms with Crippen molar-refractivity contribution in [3.05, 3.63) is 48.2 Å². The molecule has 1 aliphatic rings. The van der Waals surface area contributed by atoms with Crippen LogP contribution in [0.5, 0.6) is 5.88 Å². The zero-order valence-corrected chi connectivity index (χ0v) is 14.8. The van der Waals surface area contributed by atoms with Crippen molar-refractivity contribution in [2.45, 2.75) is 38.2 Å². The number of fused-ring (bicyclic) bond motifs is 1. The number of benzene rings is 1. The average molecular weight is 350 g/mol. The molecule has 134 valence electrons. The van der Waals surface area contributed by atoms with Gasteiger partial charge in [-0.3, -0.25) is 4.79 Å². The quantitative estimate of drug-likeness (QED) is 0.782. The predicted molar refractivity (Wildman–Crippen MR) is 99.3 cm³/mol. The van der Waals surface area contributed by atoms with Gasteiger partial charge in [-0.1, -0.05) is 18.6 Å². The lowest BCUT2D eigenvalue weighted by atomic mass is 9.98. The molecule has 6 nitrogen and oxygen atoms in total. The Hall–Kier alpha value is -2.89. The lowest BCUT2D eigenvalue weighted by molar-refractivity contribution is 0.0963. The molecule has 0 atom stereocenters. The van der Waals surface area contributed by atoms with Gasteiger partial charge in [0.1, 0.15) is 6.10 Å². The molecule has 1 fully saturated rings. The molecule has 1 amide bonds. The Labute approximate surface area is 152 Å². The fraction of sp³-hybridized carbons (Fsp3) is 0.350. The van der Waals surface area contributed by atoms with Gasteiger partial charge in [-0.15, -0.1) is 5.10 Å². The van der Waals surface area contributed by atoms with Crippen molar-refractivity contribution in [1.82, 2.24) is 19.9 Å². The van der Waals surface area contributed by atoms with Crippen molar-refractivity contribution in [2.24, 2.45) is 0 Å². The third-order valence-corrected chi connectivity index (χ3v) is 4.85. The molecule has 0 spiro atoms. The van der Waals surface area contributed by atoms with E-state index in [1.54, 1.807) is 29.9 Å². The fourth-order valence-corrected chi connectivity index (χ4v) is 3.41. The summed E-state index contributed by atoms with van der Waals surface area (Å²) in [5.74, 6) is 0.529. The van der Waals surface area contributed by atoms with Gasteiger partial charge in [-0.2, -0.15) is 0 Å². The van der Waals surface area contributed by atoms with Crippen molar-refractivity contribution in [3.63, 3.8) is 0 Å². The number of aromatic nitrogens is 3. The summed E-state index contributed by atoms with van der Waals surface area (Å²) >= 11 is 0. The number of carbonyl (C=O) groups excluding carboxylic acids is 1. The Bertz CT molecular complexity index is 911. The summed E-state index contributed by atoms with van der Waals surface area (Å²) in [7, 11) is 1.62. The smallest absolute Gasteiger partial charge is 0.251 e. The Morgan fingerprint density at radius 2 is 1.88 bits per heavy atom. The van der Waals surface area contributed by atoms with Gasteiger partial charge in [0.05, 0.1) is 11.9 Å². The molecular weight excluding hydrogens is 328 g/mol. The molecule has 0 unspecified atom stereocenters. The molecule has 26 heavy (non-hydrogen) atoms. The lowest BCUT2D eigenvalue weighted by Gasteiger charge is -2.22. The van der Waals surface area contributed by atoms with Gasteiger partial charge >= 0.3 is 0 Å². The topological polar surface area (TPSA) is 68.5 Å². The second-order valence-corrected chi connectivity index (χ2v) is 6.62. The van der Waals surface area contributed by atoms with Gasteiger partial charge in [-0.25, -0.2) is 9.50 Å². The van der Waals surface area contributed by atoms with Gasteiger partial charge in [0.15, 0.2) is 5.65 Å². The molecule has 3 aromatic rings. The van der Waals surface area contributed by atoms with Crippen LogP contribution in [-0.4, -0.2) is 33.7 Å². The molecule has 2 heterocycles. The van der Waals surface area contributed by atoms with E-state index in [0.29, 0.717) is 11.4 Å². The second-order valence-electron chi connectivity index (χ2n) is 6.62. The standard InChI is InChI=1S/C20H22N4O2/c1-21-20(25)15-9-7-14(8-10-15)17-13-22-18-11-12-19(23-24(17)18)26-16-5-3-2-4-6-16/h7-13,16H,2-6H2,1H3,(H,21,25). The number of hydrogen-bond donors (Lipinski definition) is 1. The molecule has 6 heteroatoms. The van der Waals surface area contributed by atoms with Crippen molar-refractivity contribution < 1.29 is 9.53 Å². The Morgan fingerprint density at radius 1 is 1.12 bits per heavy atom. The molecule has 0 aliphatic heterocycles. The number of rotatable bonds is 4. The molecule has 1 N–H and O–H groups in total. The van der Waals surface area contributed by atoms with Crippen molar-refractivity contribution >= 4 is 11.6 Å². The maximum atomic E-state index is 11.7. The average Bonchev–Trinajstić information content (AvgIpc) is 3.11. The summed E-state index contributed by atoms with van der Waals surface area (Å²) in [5, 5.41) is 7.26. The second kappa shape index (κ2) is 7.15. The maximum absolute atomic E-state index is 11.7. The number of hydrogen-bond acceptors (Lipinski definition) is 4. The predicted octanol–water partition coefficient (Wildman–Crippen LogP) is 3.47. The van der Waals surface area contributed by atoms with Crippen LogP contribution in [0.4, 0.5) is 0 Å². The number of carbonyl (C=O) groups is 1. The van der Waals surface area contributed by atoms with E-state index in [-0.39, 0.29) is 12.0 Å². The number of amides is 1. The van der Waals surface area contributed by atoms with Crippen LogP contribution in [0.15, 0.2) is 42.6 Å². The molecule has 1 saturated carbocycles.